The topological polar surface area (TPSA) is 72.8 Å². The Labute approximate surface area is 89.4 Å². The Morgan fingerprint density at radius 2 is 2.00 bits per heavy atom. The summed E-state index contributed by atoms with van der Waals surface area (Å²) in [6, 6.07) is 0. The van der Waals surface area contributed by atoms with Gasteiger partial charge in [-0.1, -0.05) is 0 Å². The van der Waals surface area contributed by atoms with Crippen LogP contribution in [0.25, 0.3) is 0 Å². The number of carbonyl (C=O) groups excluding carboxylic acids is 2. The summed E-state index contributed by atoms with van der Waals surface area (Å²) in [5.41, 5.74) is 0. The molecule has 15 heavy (non-hydrogen) atoms. The highest BCUT2D eigenvalue weighted by molar-refractivity contribution is 5.84. The number of esters is 1. The van der Waals surface area contributed by atoms with E-state index in [9.17, 15) is 14.7 Å². The fourth-order valence-electron chi connectivity index (χ4n) is 0.895. The molecule has 0 aromatic rings. The fraction of sp³-hybridized carbons (Fsp3) is 0.800. The second-order valence-electron chi connectivity index (χ2n) is 3.42. The first-order chi connectivity index (χ1) is 6.97. The molecule has 0 fully saturated rings. The van der Waals surface area contributed by atoms with Gasteiger partial charge in [0, 0.05) is 20.0 Å². The Hall–Kier alpha value is -0.940. The molecule has 5 nitrogen and oxygen atoms in total. The zero-order chi connectivity index (χ0) is 11.8. The second-order valence-corrected chi connectivity index (χ2v) is 3.42. The van der Waals surface area contributed by atoms with Crippen LogP contribution in [-0.4, -0.2) is 42.8 Å². The van der Waals surface area contributed by atoms with E-state index < -0.39 is 12.1 Å². The third kappa shape index (κ3) is 7.04. The highest BCUT2D eigenvalue weighted by Gasteiger charge is 2.18. The van der Waals surface area contributed by atoms with E-state index in [-0.39, 0.29) is 24.9 Å². The largest absolute Gasteiger partial charge is 0.464 e. The maximum Gasteiger partial charge on any atom is 0.335 e. The van der Waals surface area contributed by atoms with Crippen LogP contribution in [-0.2, 0) is 19.1 Å². The summed E-state index contributed by atoms with van der Waals surface area (Å²) in [7, 11) is 1.57. The number of aliphatic hydroxyl groups excluding tert-OH is 1. The number of Topliss-reactive ketones (excluding diaryl/α,β-unsaturated/α-hetero) is 1. The summed E-state index contributed by atoms with van der Waals surface area (Å²) in [5, 5.41) is 9.18. The molecular weight excluding hydrogens is 200 g/mol. The molecule has 0 saturated carbocycles. The first-order valence-electron chi connectivity index (χ1n) is 4.84. The molecule has 5 heteroatoms. The molecule has 1 N–H and O–H groups in total. The van der Waals surface area contributed by atoms with Crippen molar-refractivity contribution >= 4 is 11.8 Å². The van der Waals surface area contributed by atoms with Crippen LogP contribution in [0.3, 0.4) is 0 Å². The predicted octanol–water partition coefficient (Wildman–Crippen LogP) is 0.295. The van der Waals surface area contributed by atoms with E-state index in [1.807, 2.05) is 6.92 Å². The second kappa shape index (κ2) is 7.36. The van der Waals surface area contributed by atoms with Gasteiger partial charge in [-0.05, 0) is 13.8 Å². The van der Waals surface area contributed by atoms with Crippen LogP contribution < -0.4 is 0 Å². The van der Waals surface area contributed by atoms with Crippen molar-refractivity contribution < 1.29 is 24.2 Å². The van der Waals surface area contributed by atoms with Crippen LogP contribution in [0.5, 0.6) is 0 Å². The number of rotatable bonds is 7. The van der Waals surface area contributed by atoms with Crippen molar-refractivity contribution in [3.63, 3.8) is 0 Å². The average Bonchev–Trinajstić information content (AvgIpc) is 2.16. The van der Waals surface area contributed by atoms with Crippen molar-refractivity contribution in [2.24, 2.45) is 0 Å². The van der Waals surface area contributed by atoms with Gasteiger partial charge in [0.25, 0.3) is 0 Å². The lowest BCUT2D eigenvalue weighted by Gasteiger charge is -2.11. The Morgan fingerprint density at radius 1 is 1.40 bits per heavy atom. The van der Waals surface area contributed by atoms with Crippen LogP contribution in [0.15, 0.2) is 0 Å². The molecule has 0 bridgehead atoms. The Morgan fingerprint density at radius 3 is 2.47 bits per heavy atom. The van der Waals surface area contributed by atoms with Gasteiger partial charge in [-0.2, -0.15) is 0 Å². The lowest BCUT2D eigenvalue weighted by molar-refractivity contribution is -0.155. The minimum absolute atomic E-state index is 0.00255. The number of aliphatic hydroxyl groups is 1. The SMILES string of the molecule is COC(C)CCOC(=O)C(O)CC(C)=O. The van der Waals surface area contributed by atoms with Gasteiger partial charge < -0.3 is 14.6 Å². The highest BCUT2D eigenvalue weighted by Crippen LogP contribution is 2.00. The minimum Gasteiger partial charge on any atom is -0.464 e. The Bertz CT molecular complexity index is 214. The quantitative estimate of drug-likeness (QED) is 0.622. The zero-order valence-electron chi connectivity index (χ0n) is 9.36. The molecule has 0 rings (SSSR count). The van der Waals surface area contributed by atoms with Gasteiger partial charge in [-0.15, -0.1) is 0 Å². The summed E-state index contributed by atoms with van der Waals surface area (Å²) in [5.74, 6) is -1.00. The van der Waals surface area contributed by atoms with E-state index >= 15 is 0 Å². The monoisotopic (exact) mass is 218 g/mol. The van der Waals surface area contributed by atoms with Crippen molar-refractivity contribution in [2.75, 3.05) is 13.7 Å². The van der Waals surface area contributed by atoms with Crippen LogP contribution in [0.1, 0.15) is 26.7 Å². The maximum atomic E-state index is 11.1. The van der Waals surface area contributed by atoms with Crippen LogP contribution >= 0.6 is 0 Å². The van der Waals surface area contributed by atoms with E-state index in [4.69, 9.17) is 9.47 Å². The van der Waals surface area contributed by atoms with Crippen molar-refractivity contribution in [3.05, 3.63) is 0 Å². The molecule has 2 unspecified atom stereocenters. The lowest BCUT2D eigenvalue weighted by Crippen LogP contribution is -2.26. The predicted molar refractivity (Wildman–Crippen MR) is 53.4 cm³/mol. The highest BCUT2D eigenvalue weighted by atomic mass is 16.5. The van der Waals surface area contributed by atoms with Gasteiger partial charge in [-0.3, -0.25) is 4.79 Å². The standard InChI is InChI=1S/C10H18O5/c1-7(11)6-9(12)10(13)15-5-4-8(2)14-3/h8-9,12H,4-6H2,1-3H3. The van der Waals surface area contributed by atoms with E-state index in [1.54, 1.807) is 7.11 Å². The van der Waals surface area contributed by atoms with Crippen LogP contribution in [0.2, 0.25) is 0 Å². The summed E-state index contributed by atoms with van der Waals surface area (Å²) in [6.45, 7) is 3.34. The number of ether oxygens (including phenoxy) is 2. The summed E-state index contributed by atoms with van der Waals surface area (Å²) >= 11 is 0. The summed E-state index contributed by atoms with van der Waals surface area (Å²) in [6.07, 6.45) is -0.976. The molecule has 0 aromatic heterocycles. The minimum atomic E-state index is -1.35. The van der Waals surface area contributed by atoms with Gasteiger partial charge in [0.2, 0.25) is 0 Å². The average molecular weight is 218 g/mol. The molecule has 0 aliphatic rings. The zero-order valence-corrected chi connectivity index (χ0v) is 9.36. The Kier molecular flexibility index (Phi) is 6.90. The molecule has 0 aliphatic carbocycles. The molecular formula is C10H18O5. The molecule has 0 amide bonds. The van der Waals surface area contributed by atoms with Gasteiger partial charge in [0.15, 0.2) is 6.10 Å². The Balaban J connectivity index is 3.69. The first kappa shape index (κ1) is 14.1. The van der Waals surface area contributed by atoms with Crippen molar-refractivity contribution in [2.45, 2.75) is 38.9 Å². The third-order valence-corrected chi connectivity index (χ3v) is 1.92. The van der Waals surface area contributed by atoms with Gasteiger partial charge >= 0.3 is 5.97 Å². The first-order valence-corrected chi connectivity index (χ1v) is 4.84. The molecule has 0 aliphatic heterocycles. The van der Waals surface area contributed by atoms with Gasteiger partial charge in [0.1, 0.15) is 5.78 Å². The van der Waals surface area contributed by atoms with Crippen molar-refractivity contribution in [1.82, 2.24) is 0 Å². The molecule has 0 spiro atoms. The van der Waals surface area contributed by atoms with E-state index in [1.165, 1.54) is 6.92 Å². The van der Waals surface area contributed by atoms with E-state index in [2.05, 4.69) is 0 Å². The fourth-order valence-corrected chi connectivity index (χ4v) is 0.895. The number of methoxy groups -OCH3 is 1. The molecule has 0 heterocycles. The van der Waals surface area contributed by atoms with Gasteiger partial charge in [0.05, 0.1) is 12.7 Å². The van der Waals surface area contributed by atoms with Crippen LogP contribution in [0.4, 0.5) is 0 Å². The van der Waals surface area contributed by atoms with E-state index in [0.717, 1.165) is 0 Å². The summed E-state index contributed by atoms with van der Waals surface area (Å²) < 4.78 is 9.71. The number of hydrogen-bond donors (Lipinski definition) is 1. The number of hydrogen-bond acceptors (Lipinski definition) is 5. The lowest BCUT2D eigenvalue weighted by atomic mass is 10.2. The summed E-state index contributed by atoms with van der Waals surface area (Å²) in [4.78, 5) is 21.7. The van der Waals surface area contributed by atoms with Crippen molar-refractivity contribution in [3.8, 4) is 0 Å². The number of ketones is 1. The van der Waals surface area contributed by atoms with Gasteiger partial charge in [-0.25, -0.2) is 4.79 Å². The van der Waals surface area contributed by atoms with Crippen LogP contribution in [0, 0.1) is 0 Å². The molecule has 88 valence electrons. The number of carbonyl (C=O) groups is 2. The maximum absolute atomic E-state index is 11.1. The molecule has 0 saturated heterocycles. The molecule has 2 atom stereocenters. The molecule has 0 radical (unpaired) electrons. The van der Waals surface area contributed by atoms with Crippen molar-refractivity contribution in [1.29, 1.82) is 0 Å². The third-order valence-electron chi connectivity index (χ3n) is 1.92. The molecule has 0 aromatic carbocycles. The normalized spacial score (nSPS) is 14.4. The smallest absolute Gasteiger partial charge is 0.335 e. The van der Waals surface area contributed by atoms with E-state index in [0.29, 0.717) is 6.42 Å².